The Balaban J connectivity index is 1.21. The smallest absolute Gasteiger partial charge is 0.107 e. The van der Waals surface area contributed by atoms with Gasteiger partial charge in [0, 0.05) is 6.42 Å². The summed E-state index contributed by atoms with van der Waals surface area (Å²) in [6.07, 6.45) is 18.8. The summed E-state index contributed by atoms with van der Waals surface area (Å²) >= 11 is 0. The lowest BCUT2D eigenvalue weighted by Crippen LogP contribution is -1.95. The molecule has 0 aliphatic heterocycles. The van der Waals surface area contributed by atoms with Crippen molar-refractivity contribution in [2.24, 2.45) is 0 Å². The molecule has 0 spiro atoms. The Hall–Kier alpha value is -2.61. The van der Waals surface area contributed by atoms with Gasteiger partial charge in [-0.05, 0) is 90.1 Å². The van der Waals surface area contributed by atoms with E-state index in [1.165, 1.54) is 116 Å². The van der Waals surface area contributed by atoms with Gasteiger partial charge in [0.25, 0.3) is 0 Å². The number of aromatic amines is 1. The van der Waals surface area contributed by atoms with Crippen LogP contribution in [0, 0.1) is 0 Å². The molecule has 3 aromatic carbocycles. The molecule has 2 heteroatoms. The number of hydrogen-bond donors (Lipinski definition) is 1. The highest BCUT2D eigenvalue weighted by atomic mass is 14.9. The number of nitrogens with one attached hydrogen (secondary N) is 1. The van der Waals surface area contributed by atoms with Gasteiger partial charge in [0.2, 0.25) is 0 Å². The van der Waals surface area contributed by atoms with Crippen LogP contribution in [-0.4, -0.2) is 9.97 Å². The number of nitrogens with zero attached hydrogens (tertiary/aromatic N) is 1. The van der Waals surface area contributed by atoms with Crippen LogP contribution in [0.3, 0.4) is 0 Å². The number of unbranched alkanes of at least 4 members (excludes halogenated alkanes) is 8. The molecule has 0 radical (unpaired) electrons. The first kappa shape index (κ1) is 27.4. The van der Waals surface area contributed by atoms with Gasteiger partial charge < -0.3 is 4.98 Å². The van der Waals surface area contributed by atoms with E-state index < -0.39 is 0 Å². The largest absolute Gasteiger partial charge is 0.342 e. The number of benzene rings is 3. The third-order valence-electron chi connectivity index (χ3n) is 8.08. The summed E-state index contributed by atoms with van der Waals surface area (Å²) in [6.45, 7) is 6.83. The molecule has 4 rings (SSSR count). The molecule has 1 heterocycles. The zero-order chi connectivity index (χ0) is 25.9. The highest BCUT2D eigenvalue weighted by Gasteiger charge is 2.07. The van der Waals surface area contributed by atoms with E-state index in [9.17, 15) is 0 Å². The molecule has 0 atom stereocenters. The Labute approximate surface area is 225 Å². The first-order chi connectivity index (χ1) is 18.2. The minimum atomic E-state index is 1.05. The molecule has 0 fully saturated rings. The Kier molecular flexibility index (Phi) is 10.6. The second-order valence-corrected chi connectivity index (χ2v) is 10.9. The standard InChI is InChI=1S/C35H48N2/c1-4-7-8-9-10-13-17-27-22-23-33-34(24-27)37-35(36-33)21-15-12-11-14-18-30-19-16-20-31-25-28(5-2)29(6-3)26-32(30)31/h16,19-20,22-26H,4-15,17-18,21H2,1-3H3,(H,36,37). The molecule has 2 nitrogen and oxygen atoms in total. The van der Waals surface area contributed by atoms with Gasteiger partial charge in [-0.1, -0.05) is 102 Å². The lowest BCUT2D eigenvalue weighted by molar-refractivity contribution is 0.607. The van der Waals surface area contributed by atoms with Crippen molar-refractivity contribution >= 4 is 21.8 Å². The van der Waals surface area contributed by atoms with E-state index in [-0.39, 0.29) is 0 Å². The van der Waals surface area contributed by atoms with Crippen LogP contribution < -0.4 is 0 Å². The van der Waals surface area contributed by atoms with Crippen LogP contribution >= 0.6 is 0 Å². The zero-order valence-corrected chi connectivity index (χ0v) is 23.7. The molecule has 0 saturated carbocycles. The normalized spacial score (nSPS) is 11.6. The first-order valence-electron chi connectivity index (χ1n) is 15.2. The summed E-state index contributed by atoms with van der Waals surface area (Å²) in [6, 6.07) is 18.6. The lowest BCUT2D eigenvalue weighted by atomic mass is 9.93. The predicted octanol–water partition coefficient (Wildman–Crippen LogP) is 10.1. The van der Waals surface area contributed by atoms with Gasteiger partial charge in [0.05, 0.1) is 11.0 Å². The van der Waals surface area contributed by atoms with Crippen molar-refractivity contribution in [2.45, 2.75) is 117 Å². The second-order valence-electron chi connectivity index (χ2n) is 10.9. The molecule has 1 N–H and O–H groups in total. The molecule has 1 aromatic heterocycles. The van der Waals surface area contributed by atoms with Crippen molar-refractivity contribution < 1.29 is 0 Å². The molecule has 4 aromatic rings. The van der Waals surface area contributed by atoms with Gasteiger partial charge in [0.15, 0.2) is 0 Å². The van der Waals surface area contributed by atoms with E-state index in [0.29, 0.717) is 0 Å². The van der Waals surface area contributed by atoms with Crippen LogP contribution in [0.25, 0.3) is 21.8 Å². The Bertz CT molecular complexity index is 1250. The predicted molar refractivity (Wildman–Crippen MR) is 162 cm³/mol. The average Bonchev–Trinajstić information content (AvgIpc) is 3.33. The minimum Gasteiger partial charge on any atom is -0.342 e. The molecule has 0 amide bonds. The van der Waals surface area contributed by atoms with Gasteiger partial charge in [-0.2, -0.15) is 0 Å². The van der Waals surface area contributed by atoms with Crippen LogP contribution in [0.15, 0.2) is 48.5 Å². The van der Waals surface area contributed by atoms with E-state index >= 15 is 0 Å². The maximum atomic E-state index is 4.86. The Morgan fingerprint density at radius 2 is 1.32 bits per heavy atom. The number of hydrogen-bond acceptors (Lipinski definition) is 1. The summed E-state index contributed by atoms with van der Waals surface area (Å²) in [5, 5.41) is 2.88. The van der Waals surface area contributed by atoms with Gasteiger partial charge in [-0.15, -0.1) is 0 Å². The molecule has 37 heavy (non-hydrogen) atoms. The van der Waals surface area contributed by atoms with Gasteiger partial charge >= 0.3 is 0 Å². The number of imidazole rings is 1. The second kappa shape index (κ2) is 14.4. The van der Waals surface area contributed by atoms with Crippen LogP contribution in [-0.2, 0) is 32.1 Å². The van der Waals surface area contributed by atoms with Gasteiger partial charge in [0.1, 0.15) is 5.82 Å². The van der Waals surface area contributed by atoms with Crippen molar-refractivity contribution in [3.8, 4) is 0 Å². The fourth-order valence-corrected chi connectivity index (χ4v) is 5.81. The van der Waals surface area contributed by atoms with E-state index in [0.717, 1.165) is 30.6 Å². The zero-order valence-electron chi connectivity index (χ0n) is 23.7. The monoisotopic (exact) mass is 496 g/mol. The van der Waals surface area contributed by atoms with Crippen LogP contribution in [0.2, 0.25) is 0 Å². The van der Waals surface area contributed by atoms with E-state index in [1.807, 2.05) is 0 Å². The number of rotatable bonds is 16. The van der Waals surface area contributed by atoms with Crippen LogP contribution in [0.1, 0.15) is 113 Å². The molecule has 0 bridgehead atoms. The van der Waals surface area contributed by atoms with Crippen molar-refractivity contribution in [3.05, 3.63) is 76.6 Å². The average molecular weight is 497 g/mol. The summed E-state index contributed by atoms with van der Waals surface area (Å²) in [5.74, 6) is 1.15. The third-order valence-corrected chi connectivity index (χ3v) is 8.08. The maximum absolute atomic E-state index is 4.86. The molecule has 0 unspecified atom stereocenters. The van der Waals surface area contributed by atoms with Crippen molar-refractivity contribution in [1.29, 1.82) is 0 Å². The number of aryl methyl sites for hydroxylation is 5. The highest BCUT2D eigenvalue weighted by Crippen LogP contribution is 2.26. The van der Waals surface area contributed by atoms with Crippen molar-refractivity contribution in [1.82, 2.24) is 9.97 Å². The van der Waals surface area contributed by atoms with E-state index in [1.54, 1.807) is 0 Å². The fourth-order valence-electron chi connectivity index (χ4n) is 5.81. The summed E-state index contributed by atoms with van der Waals surface area (Å²) in [5.41, 5.74) is 8.32. The summed E-state index contributed by atoms with van der Waals surface area (Å²) < 4.78 is 0. The molecular weight excluding hydrogens is 448 g/mol. The van der Waals surface area contributed by atoms with Gasteiger partial charge in [-0.25, -0.2) is 4.98 Å². The number of H-pyrrole nitrogens is 1. The maximum Gasteiger partial charge on any atom is 0.107 e. The molecule has 198 valence electrons. The number of fused-ring (bicyclic) bond motifs is 2. The first-order valence-corrected chi connectivity index (χ1v) is 15.2. The third kappa shape index (κ3) is 7.69. The molecule has 0 saturated heterocycles. The van der Waals surface area contributed by atoms with E-state index in [2.05, 4.69) is 74.3 Å². The van der Waals surface area contributed by atoms with Crippen molar-refractivity contribution in [3.63, 3.8) is 0 Å². The van der Waals surface area contributed by atoms with Crippen LogP contribution in [0.4, 0.5) is 0 Å². The summed E-state index contributed by atoms with van der Waals surface area (Å²) in [4.78, 5) is 8.46. The quantitative estimate of drug-likeness (QED) is 0.154. The lowest BCUT2D eigenvalue weighted by Gasteiger charge is -2.12. The highest BCUT2D eigenvalue weighted by molar-refractivity contribution is 5.87. The topological polar surface area (TPSA) is 28.7 Å². The summed E-state index contributed by atoms with van der Waals surface area (Å²) in [7, 11) is 0. The molecule has 0 aliphatic rings. The fraction of sp³-hybridized carbons (Fsp3) is 0.514. The van der Waals surface area contributed by atoms with Crippen molar-refractivity contribution in [2.75, 3.05) is 0 Å². The van der Waals surface area contributed by atoms with E-state index in [4.69, 9.17) is 4.98 Å². The Morgan fingerprint density at radius 3 is 2.11 bits per heavy atom. The molecule has 0 aliphatic carbocycles. The molecular formula is C35H48N2. The Morgan fingerprint density at radius 1 is 0.622 bits per heavy atom. The van der Waals surface area contributed by atoms with Crippen LogP contribution in [0.5, 0.6) is 0 Å². The van der Waals surface area contributed by atoms with Gasteiger partial charge in [-0.3, -0.25) is 0 Å². The number of aromatic nitrogens is 2. The minimum absolute atomic E-state index is 1.05. The SMILES string of the molecule is CCCCCCCCc1ccc2nc(CCCCCCc3cccc4cc(CC)c(CC)cc34)[nH]c2c1.